The van der Waals surface area contributed by atoms with Crippen LogP contribution in [0.25, 0.3) is 0 Å². The lowest BCUT2D eigenvalue weighted by Gasteiger charge is -2.43. The number of carboxylic acid groups (broad SMARTS) is 1. The van der Waals surface area contributed by atoms with E-state index in [9.17, 15) is 14.7 Å². The van der Waals surface area contributed by atoms with Crippen molar-refractivity contribution in [1.29, 1.82) is 0 Å². The molecule has 1 aromatic rings. The molecule has 29 heavy (non-hydrogen) atoms. The Hall–Kier alpha value is -2.08. The highest BCUT2D eigenvalue weighted by Crippen LogP contribution is 2.40. The molecule has 0 aromatic heterocycles. The molecule has 3 atom stereocenters. The van der Waals surface area contributed by atoms with Gasteiger partial charge < -0.3 is 14.4 Å². The topological polar surface area (TPSA) is 66.8 Å². The zero-order valence-electron chi connectivity index (χ0n) is 17.8. The number of carboxylic acids is 1. The molecule has 1 aromatic carbocycles. The summed E-state index contributed by atoms with van der Waals surface area (Å²) >= 11 is 0. The van der Waals surface area contributed by atoms with E-state index in [0.717, 1.165) is 42.3 Å². The van der Waals surface area contributed by atoms with Crippen molar-refractivity contribution < 1.29 is 19.1 Å². The third-order valence-corrected chi connectivity index (χ3v) is 11.4. The van der Waals surface area contributed by atoms with Crippen LogP contribution in [-0.2, 0) is 20.6 Å². The Bertz CT molecular complexity index is 751. The van der Waals surface area contributed by atoms with E-state index in [0.29, 0.717) is 13.0 Å². The van der Waals surface area contributed by atoms with Gasteiger partial charge in [0.1, 0.15) is 6.04 Å². The first-order valence-electron chi connectivity index (χ1n) is 10.9. The summed E-state index contributed by atoms with van der Waals surface area (Å²) in [7, 11) is -1.76. The molecule has 6 heteroatoms. The maximum Gasteiger partial charge on any atom is 0.326 e. The largest absolute Gasteiger partial charge is 0.547 e. The molecule has 0 saturated carbocycles. The van der Waals surface area contributed by atoms with Crippen LogP contribution < -0.4 is 0 Å². The first kappa shape index (κ1) is 21.6. The summed E-state index contributed by atoms with van der Waals surface area (Å²) < 4.78 is 6.56. The summed E-state index contributed by atoms with van der Waals surface area (Å²) in [6, 6.07) is 12.1. The van der Waals surface area contributed by atoms with E-state index in [-0.39, 0.29) is 17.7 Å². The van der Waals surface area contributed by atoms with Gasteiger partial charge in [-0.1, -0.05) is 51.1 Å². The molecule has 3 rings (SSSR count). The second kappa shape index (κ2) is 9.16. The quantitative estimate of drug-likeness (QED) is 0.619. The number of hydrogen-bond acceptors (Lipinski definition) is 3. The van der Waals surface area contributed by atoms with E-state index in [1.807, 2.05) is 30.3 Å². The molecule has 5 nitrogen and oxygen atoms in total. The molecule has 0 bridgehead atoms. The third-order valence-electron chi connectivity index (χ3n) is 6.85. The number of benzene rings is 1. The predicted octanol–water partition coefficient (Wildman–Crippen LogP) is 4.80. The molecule has 1 heterocycles. The number of aliphatic carboxylic acids is 1. The molecule has 1 fully saturated rings. The molecule has 1 saturated heterocycles. The number of fused-ring (bicyclic) bond motifs is 1. The fourth-order valence-corrected chi connectivity index (χ4v) is 7.43. The summed E-state index contributed by atoms with van der Waals surface area (Å²) in [4.78, 5) is 26.8. The monoisotopic (exact) mass is 415 g/mol. The van der Waals surface area contributed by atoms with Crippen LogP contribution in [0.15, 0.2) is 42.2 Å². The first-order valence-corrected chi connectivity index (χ1v) is 13.4. The lowest BCUT2D eigenvalue weighted by Crippen LogP contribution is -2.54. The minimum absolute atomic E-state index is 0.0298. The molecule has 0 radical (unpaired) electrons. The molecular formula is C23H33NO4Si. The highest BCUT2D eigenvalue weighted by molar-refractivity contribution is 6.73. The van der Waals surface area contributed by atoms with E-state index >= 15 is 0 Å². The Labute approximate surface area is 174 Å². The number of hydrogen-bond donors (Lipinski definition) is 1. The van der Waals surface area contributed by atoms with Crippen molar-refractivity contribution in [2.75, 3.05) is 0 Å². The summed E-state index contributed by atoms with van der Waals surface area (Å²) in [6.07, 6.45) is 4.07. The van der Waals surface area contributed by atoms with Crippen molar-refractivity contribution in [2.45, 2.75) is 70.8 Å². The average Bonchev–Trinajstić information content (AvgIpc) is 2.74. The van der Waals surface area contributed by atoms with Gasteiger partial charge in [-0.3, -0.25) is 4.79 Å². The van der Waals surface area contributed by atoms with E-state index < -0.39 is 20.3 Å². The Morgan fingerprint density at radius 3 is 2.41 bits per heavy atom. The van der Waals surface area contributed by atoms with Crippen LogP contribution in [-0.4, -0.2) is 36.2 Å². The van der Waals surface area contributed by atoms with Gasteiger partial charge in [0.05, 0.1) is 5.76 Å². The summed E-state index contributed by atoms with van der Waals surface area (Å²) in [5.74, 6) is -0.137. The molecule has 158 valence electrons. The zero-order chi connectivity index (χ0) is 21.0. The van der Waals surface area contributed by atoms with Crippen molar-refractivity contribution in [3.8, 4) is 0 Å². The van der Waals surface area contributed by atoms with Gasteiger partial charge in [0, 0.05) is 18.9 Å². The number of carbonyl (C=O) groups excluding carboxylic acids is 1. The Balaban J connectivity index is 1.81. The normalized spacial score (nSPS) is 24.7. The molecule has 2 aliphatic rings. The standard InChI is InChI=1S/C23H33NO4Si/c1-4-29(5-2,6-3)28-19-12-13-20-18(14-19)15-21(23(26)27)24(22(20)25)16-17-10-8-7-9-11-17/h7-11,14,18,20-21H,4-6,12-13,15-16H2,1-3H3,(H,26,27)/t18-,20-,21+/m1/s1. The highest BCUT2D eigenvalue weighted by atomic mass is 28.4. The van der Waals surface area contributed by atoms with Crippen LogP contribution in [0.1, 0.15) is 45.6 Å². The highest BCUT2D eigenvalue weighted by Gasteiger charge is 2.45. The van der Waals surface area contributed by atoms with Gasteiger partial charge in [-0.05, 0) is 48.5 Å². The van der Waals surface area contributed by atoms with E-state index in [4.69, 9.17) is 4.43 Å². The number of allylic oxidation sites excluding steroid dienone is 2. The predicted molar refractivity (Wildman–Crippen MR) is 116 cm³/mol. The second-order valence-corrected chi connectivity index (χ2v) is 13.0. The van der Waals surface area contributed by atoms with Crippen molar-refractivity contribution in [3.05, 3.63) is 47.7 Å². The zero-order valence-corrected chi connectivity index (χ0v) is 18.8. The van der Waals surface area contributed by atoms with Crippen LogP contribution >= 0.6 is 0 Å². The molecular weight excluding hydrogens is 382 g/mol. The summed E-state index contributed by atoms with van der Waals surface area (Å²) in [5, 5.41) is 9.82. The first-order chi connectivity index (χ1) is 13.9. The minimum Gasteiger partial charge on any atom is -0.547 e. The second-order valence-electron chi connectivity index (χ2n) is 8.33. The Morgan fingerprint density at radius 1 is 1.17 bits per heavy atom. The maximum absolute atomic E-state index is 13.2. The Morgan fingerprint density at radius 2 is 1.83 bits per heavy atom. The van der Waals surface area contributed by atoms with Gasteiger partial charge in [0.15, 0.2) is 0 Å². The van der Waals surface area contributed by atoms with Crippen LogP contribution in [0, 0.1) is 11.8 Å². The molecule has 1 aliphatic heterocycles. The SMILES string of the molecule is CC[Si](CC)(CC)OC1=C[C@@H]2C[C@@H](C(=O)O)N(Cc3ccccc3)C(=O)[C@@H]2CC1. The van der Waals surface area contributed by atoms with E-state index in [1.165, 1.54) is 0 Å². The lowest BCUT2D eigenvalue weighted by molar-refractivity contribution is -0.159. The van der Waals surface area contributed by atoms with Crippen LogP contribution in [0.3, 0.4) is 0 Å². The van der Waals surface area contributed by atoms with Crippen molar-refractivity contribution in [2.24, 2.45) is 11.8 Å². The fourth-order valence-electron chi connectivity index (χ4n) is 4.77. The number of nitrogens with zero attached hydrogens (tertiary/aromatic N) is 1. The summed E-state index contributed by atoms with van der Waals surface area (Å²) in [6.45, 7) is 6.97. The van der Waals surface area contributed by atoms with Gasteiger partial charge >= 0.3 is 5.97 Å². The molecule has 0 unspecified atom stereocenters. The maximum atomic E-state index is 13.2. The molecule has 1 aliphatic carbocycles. The van der Waals surface area contributed by atoms with E-state index in [1.54, 1.807) is 4.90 Å². The van der Waals surface area contributed by atoms with Crippen LogP contribution in [0.2, 0.25) is 18.1 Å². The molecule has 0 spiro atoms. The Kier molecular flexibility index (Phi) is 6.83. The van der Waals surface area contributed by atoms with Gasteiger partial charge in [-0.25, -0.2) is 4.79 Å². The average molecular weight is 416 g/mol. The van der Waals surface area contributed by atoms with Gasteiger partial charge in [0.2, 0.25) is 14.2 Å². The van der Waals surface area contributed by atoms with Crippen LogP contribution in [0.5, 0.6) is 0 Å². The van der Waals surface area contributed by atoms with E-state index in [2.05, 4.69) is 26.8 Å². The van der Waals surface area contributed by atoms with Gasteiger partial charge in [-0.2, -0.15) is 0 Å². The lowest BCUT2D eigenvalue weighted by atomic mass is 9.75. The van der Waals surface area contributed by atoms with Crippen molar-refractivity contribution >= 4 is 20.2 Å². The number of rotatable bonds is 8. The smallest absolute Gasteiger partial charge is 0.326 e. The van der Waals surface area contributed by atoms with Crippen molar-refractivity contribution in [3.63, 3.8) is 0 Å². The number of amides is 1. The van der Waals surface area contributed by atoms with Crippen LogP contribution in [0.4, 0.5) is 0 Å². The molecule has 1 N–H and O–H groups in total. The van der Waals surface area contributed by atoms with Crippen molar-refractivity contribution in [1.82, 2.24) is 4.90 Å². The molecule has 1 amide bonds. The fraction of sp³-hybridized carbons (Fsp3) is 0.565. The van der Waals surface area contributed by atoms with Gasteiger partial charge in [-0.15, -0.1) is 0 Å². The number of carbonyl (C=O) groups is 2. The number of likely N-dealkylation sites (tertiary alicyclic amines) is 1. The summed E-state index contributed by atoms with van der Waals surface area (Å²) in [5.41, 5.74) is 0.963. The number of piperidine rings is 1. The van der Waals surface area contributed by atoms with Gasteiger partial charge in [0.25, 0.3) is 0 Å². The minimum atomic E-state index is -1.76. The third kappa shape index (κ3) is 4.58.